The largest absolute Gasteiger partial charge is 0.336 e. The van der Waals surface area contributed by atoms with E-state index in [-0.39, 0.29) is 24.5 Å². The fraction of sp³-hybridized carbons (Fsp3) is 0.650. The molecule has 0 unspecified atom stereocenters. The summed E-state index contributed by atoms with van der Waals surface area (Å²) in [5, 5.41) is 3.14. The Morgan fingerprint density at radius 3 is 2.48 bits per heavy atom. The number of pyridine rings is 1. The van der Waals surface area contributed by atoms with Crippen molar-refractivity contribution in [3.63, 3.8) is 0 Å². The summed E-state index contributed by atoms with van der Waals surface area (Å²) in [5.41, 5.74) is 1.32. The van der Waals surface area contributed by atoms with Crippen molar-refractivity contribution in [2.24, 2.45) is 0 Å². The lowest BCUT2D eigenvalue weighted by Crippen LogP contribution is -2.57. The highest BCUT2D eigenvalue weighted by molar-refractivity contribution is 5.85. The van der Waals surface area contributed by atoms with E-state index in [0.29, 0.717) is 19.1 Å². The molecule has 3 heterocycles. The summed E-state index contributed by atoms with van der Waals surface area (Å²) < 4.78 is 0. The lowest BCUT2D eigenvalue weighted by molar-refractivity contribution is -0.135. The lowest BCUT2D eigenvalue weighted by atomic mass is 10.0. The van der Waals surface area contributed by atoms with Gasteiger partial charge in [-0.25, -0.2) is 4.79 Å². The van der Waals surface area contributed by atoms with E-state index < -0.39 is 0 Å². The second-order valence-electron chi connectivity index (χ2n) is 7.91. The number of urea groups is 1. The van der Waals surface area contributed by atoms with Gasteiger partial charge in [-0.05, 0) is 49.8 Å². The number of aromatic nitrogens is 1. The zero-order chi connectivity index (χ0) is 18.6. The fourth-order valence-electron chi connectivity index (χ4n) is 4.04. The highest BCUT2D eigenvalue weighted by atomic mass is 16.2. The SMILES string of the molecule is O=C(NC1CCN(CCc2ccncc2)CC1)N1CCN(C2CC2)C(=O)C1. The Hall–Kier alpha value is -2.15. The first-order valence-corrected chi connectivity index (χ1v) is 10.2. The van der Waals surface area contributed by atoms with E-state index in [0.717, 1.165) is 51.7 Å². The van der Waals surface area contributed by atoms with Gasteiger partial charge in [0, 0.05) is 57.2 Å². The first-order chi connectivity index (χ1) is 13.2. The van der Waals surface area contributed by atoms with Crippen LogP contribution in [0, 0.1) is 0 Å². The topological polar surface area (TPSA) is 68.8 Å². The third-order valence-electron chi connectivity index (χ3n) is 5.91. The van der Waals surface area contributed by atoms with E-state index >= 15 is 0 Å². The molecule has 146 valence electrons. The van der Waals surface area contributed by atoms with Crippen LogP contribution < -0.4 is 5.32 Å². The Morgan fingerprint density at radius 1 is 1.07 bits per heavy atom. The first kappa shape index (κ1) is 18.2. The standard InChI is InChI=1S/C20H29N5O2/c26-19-15-24(13-14-25(19)18-1-2-18)20(27)22-17-6-11-23(12-7-17)10-5-16-3-8-21-9-4-16/h3-4,8-9,17-18H,1-2,5-7,10-15H2,(H,22,27). The fourth-order valence-corrected chi connectivity index (χ4v) is 4.04. The van der Waals surface area contributed by atoms with Gasteiger partial charge in [0.15, 0.2) is 0 Å². The van der Waals surface area contributed by atoms with Crippen LogP contribution in [-0.2, 0) is 11.2 Å². The predicted octanol–water partition coefficient (Wildman–Crippen LogP) is 1.10. The van der Waals surface area contributed by atoms with Crippen molar-refractivity contribution in [2.75, 3.05) is 39.3 Å². The first-order valence-electron chi connectivity index (χ1n) is 10.2. The van der Waals surface area contributed by atoms with Gasteiger partial charge >= 0.3 is 6.03 Å². The highest BCUT2D eigenvalue weighted by Crippen LogP contribution is 2.28. The maximum atomic E-state index is 12.5. The molecule has 27 heavy (non-hydrogen) atoms. The zero-order valence-corrected chi connectivity index (χ0v) is 15.8. The number of rotatable bonds is 5. The molecule has 1 aromatic heterocycles. The van der Waals surface area contributed by atoms with Crippen LogP contribution in [0.25, 0.3) is 0 Å². The van der Waals surface area contributed by atoms with Crippen LogP contribution in [0.4, 0.5) is 4.79 Å². The molecule has 2 aliphatic heterocycles. The van der Waals surface area contributed by atoms with Crippen LogP contribution in [0.3, 0.4) is 0 Å². The molecule has 0 spiro atoms. The molecule has 3 aliphatic rings. The van der Waals surface area contributed by atoms with E-state index in [1.54, 1.807) is 4.90 Å². The molecule has 3 fully saturated rings. The van der Waals surface area contributed by atoms with E-state index in [4.69, 9.17) is 0 Å². The molecule has 7 heteroatoms. The summed E-state index contributed by atoms with van der Waals surface area (Å²) in [5.74, 6) is 0.102. The van der Waals surface area contributed by atoms with Gasteiger partial charge in [0.1, 0.15) is 6.54 Å². The summed E-state index contributed by atoms with van der Waals surface area (Å²) in [7, 11) is 0. The number of piperazine rings is 1. The van der Waals surface area contributed by atoms with Crippen molar-refractivity contribution in [1.29, 1.82) is 0 Å². The highest BCUT2D eigenvalue weighted by Gasteiger charge is 2.37. The van der Waals surface area contributed by atoms with Crippen molar-refractivity contribution in [3.8, 4) is 0 Å². The van der Waals surface area contributed by atoms with Crippen molar-refractivity contribution < 1.29 is 9.59 Å². The average molecular weight is 371 g/mol. The lowest BCUT2D eigenvalue weighted by Gasteiger charge is -2.37. The van der Waals surface area contributed by atoms with Gasteiger partial charge in [0.2, 0.25) is 5.91 Å². The average Bonchev–Trinajstić information content (AvgIpc) is 3.53. The minimum atomic E-state index is -0.0750. The van der Waals surface area contributed by atoms with Gasteiger partial charge in [0.05, 0.1) is 0 Å². The van der Waals surface area contributed by atoms with Crippen molar-refractivity contribution in [2.45, 2.75) is 44.2 Å². The Balaban J connectivity index is 1.17. The molecule has 3 amide bonds. The number of hydrogen-bond acceptors (Lipinski definition) is 4. The van der Waals surface area contributed by atoms with Crippen LogP contribution in [0.5, 0.6) is 0 Å². The van der Waals surface area contributed by atoms with Gasteiger partial charge < -0.3 is 20.0 Å². The third kappa shape index (κ3) is 4.77. The summed E-state index contributed by atoms with van der Waals surface area (Å²) in [6.45, 7) is 4.62. The minimum Gasteiger partial charge on any atom is -0.336 e. The van der Waals surface area contributed by atoms with Crippen molar-refractivity contribution in [3.05, 3.63) is 30.1 Å². The molecule has 7 nitrogen and oxygen atoms in total. The third-order valence-corrected chi connectivity index (χ3v) is 5.91. The van der Waals surface area contributed by atoms with Gasteiger partial charge in [-0.2, -0.15) is 0 Å². The second kappa shape index (κ2) is 8.25. The van der Waals surface area contributed by atoms with E-state index in [1.165, 1.54) is 5.56 Å². The van der Waals surface area contributed by atoms with E-state index in [1.807, 2.05) is 17.3 Å². The van der Waals surface area contributed by atoms with Crippen LogP contribution >= 0.6 is 0 Å². The van der Waals surface area contributed by atoms with Crippen LogP contribution in [-0.4, -0.2) is 83.0 Å². The smallest absolute Gasteiger partial charge is 0.318 e. The number of nitrogens with one attached hydrogen (secondary N) is 1. The molecule has 0 aromatic carbocycles. The number of nitrogens with zero attached hydrogens (tertiary/aromatic N) is 4. The molecule has 0 radical (unpaired) electrons. The Bertz CT molecular complexity index is 656. The molecule has 2 saturated heterocycles. The molecule has 4 rings (SSSR count). The van der Waals surface area contributed by atoms with Crippen molar-refractivity contribution in [1.82, 2.24) is 25.0 Å². The number of carbonyl (C=O) groups is 2. The minimum absolute atomic E-state index is 0.0750. The summed E-state index contributed by atoms with van der Waals surface area (Å²) in [4.78, 5) is 34.9. The summed E-state index contributed by atoms with van der Waals surface area (Å²) in [6, 6.07) is 4.72. The van der Waals surface area contributed by atoms with Gasteiger partial charge in [-0.3, -0.25) is 9.78 Å². The maximum absolute atomic E-state index is 12.5. The Kier molecular flexibility index (Phi) is 5.57. The number of amides is 3. The van der Waals surface area contributed by atoms with E-state index in [9.17, 15) is 9.59 Å². The predicted molar refractivity (Wildman–Crippen MR) is 102 cm³/mol. The number of carbonyl (C=O) groups excluding carboxylic acids is 2. The number of piperidine rings is 1. The van der Waals surface area contributed by atoms with E-state index in [2.05, 4.69) is 27.3 Å². The van der Waals surface area contributed by atoms with Gasteiger partial charge in [0.25, 0.3) is 0 Å². The maximum Gasteiger partial charge on any atom is 0.318 e. The molecular weight excluding hydrogens is 342 g/mol. The molecule has 1 aliphatic carbocycles. The molecule has 1 N–H and O–H groups in total. The zero-order valence-electron chi connectivity index (χ0n) is 15.8. The quantitative estimate of drug-likeness (QED) is 0.842. The molecule has 1 saturated carbocycles. The van der Waals surface area contributed by atoms with Crippen LogP contribution in [0.2, 0.25) is 0 Å². The monoisotopic (exact) mass is 371 g/mol. The Morgan fingerprint density at radius 2 is 1.81 bits per heavy atom. The molecular formula is C20H29N5O2. The summed E-state index contributed by atoms with van der Waals surface area (Å²) >= 11 is 0. The normalized spacial score (nSPS) is 22.1. The van der Waals surface area contributed by atoms with Gasteiger partial charge in [-0.1, -0.05) is 0 Å². The van der Waals surface area contributed by atoms with Gasteiger partial charge in [-0.15, -0.1) is 0 Å². The molecule has 1 aromatic rings. The number of likely N-dealkylation sites (tertiary alicyclic amines) is 1. The van der Waals surface area contributed by atoms with Crippen LogP contribution in [0.15, 0.2) is 24.5 Å². The second-order valence-corrected chi connectivity index (χ2v) is 7.91. The van der Waals surface area contributed by atoms with Crippen LogP contribution in [0.1, 0.15) is 31.2 Å². The summed E-state index contributed by atoms with van der Waals surface area (Å²) in [6.07, 6.45) is 8.90. The molecule has 0 atom stereocenters. The molecule has 0 bridgehead atoms. The number of hydrogen-bond donors (Lipinski definition) is 1. The Labute approximate surface area is 160 Å². The van der Waals surface area contributed by atoms with Crippen molar-refractivity contribution >= 4 is 11.9 Å².